The number of benzene rings is 2. The number of hydrogen-bond donors (Lipinski definition) is 0. The van der Waals surface area contributed by atoms with Gasteiger partial charge in [0.15, 0.2) is 0 Å². The van der Waals surface area contributed by atoms with E-state index in [-0.39, 0.29) is 11.6 Å². The van der Waals surface area contributed by atoms with Crippen molar-refractivity contribution in [2.75, 3.05) is 0 Å². The van der Waals surface area contributed by atoms with Crippen molar-refractivity contribution in [1.82, 2.24) is 14.5 Å². The van der Waals surface area contributed by atoms with Crippen LogP contribution in [0.3, 0.4) is 0 Å². The first kappa shape index (κ1) is 20.1. The molecule has 0 radical (unpaired) electrons. The van der Waals surface area contributed by atoms with Crippen molar-refractivity contribution in [3.05, 3.63) is 86.6 Å². The fourth-order valence-electron chi connectivity index (χ4n) is 4.68. The van der Waals surface area contributed by atoms with Gasteiger partial charge in [-0.15, -0.1) is 11.3 Å². The third kappa shape index (κ3) is 3.33. The van der Waals surface area contributed by atoms with E-state index in [0.29, 0.717) is 28.0 Å². The van der Waals surface area contributed by atoms with E-state index in [1.165, 1.54) is 16.9 Å². The lowest BCUT2D eigenvalue weighted by atomic mass is 9.96. The Hall–Kier alpha value is -3.51. The second-order valence-corrected chi connectivity index (χ2v) is 9.68. The number of aromatic nitrogens is 3. The molecule has 0 saturated heterocycles. The number of nitrogens with zero attached hydrogens (tertiary/aromatic N) is 3. The van der Waals surface area contributed by atoms with E-state index in [1.807, 2.05) is 68.4 Å². The van der Waals surface area contributed by atoms with Gasteiger partial charge in [0, 0.05) is 10.3 Å². The molecule has 0 saturated carbocycles. The Balaban J connectivity index is 1.70. The Bertz CT molecular complexity index is 1570. The first-order chi connectivity index (χ1) is 16.1. The third-order valence-electron chi connectivity index (χ3n) is 6.32. The molecule has 1 aliphatic rings. The number of hydrogen-bond acceptors (Lipinski definition) is 5. The number of para-hydroxylation sites is 1. The summed E-state index contributed by atoms with van der Waals surface area (Å²) in [5.74, 6) is 0.644. The highest BCUT2D eigenvalue weighted by Gasteiger charge is 2.24. The maximum Gasteiger partial charge on any atom is 0.310 e. The van der Waals surface area contributed by atoms with E-state index in [9.17, 15) is 4.79 Å². The van der Waals surface area contributed by atoms with Crippen LogP contribution in [0.1, 0.15) is 34.5 Å². The molecule has 0 fully saturated rings. The minimum atomic E-state index is -0.157. The van der Waals surface area contributed by atoms with Crippen LogP contribution in [0.2, 0.25) is 0 Å². The van der Waals surface area contributed by atoms with Gasteiger partial charge in [0.1, 0.15) is 10.6 Å². The van der Waals surface area contributed by atoms with Crippen molar-refractivity contribution in [3.8, 4) is 17.4 Å². The SMILES string of the molecule is Cc1ccc(Oc2nc3c(c(C)nc4sc5c(c43)CCCC5)c(=O)n2-c2ccccc2)cc1. The van der Waals surface area contributed by atoms with Gasteiger partial charge in [0.25, 0.3) is 5.56 Å². The molecule has 2 aromatic carbocycles. The smallest absolute Gasteiger partial charge is 0.310 e. The molecule has 0 N–H and O–H groups in total. The number of ether oxygens (including phenoxy) is 1. The molecule has 0 unspecified atom stereocenters. The van der Waals surface area contributed by atoms with E-state index in [4.69, 9.17) is 14.7 Å². The van der Waals surface area contributed by atoms with Gasteiger partial charge in [-0.1, -0.05) is 35.9 Å². The lowest BCUT2D eigenvalue weighted by Crippen LogP contribution is -2.22. The Morgan fingerprint density at radius 2 is 1.67 bits per heavy atom. The summed E-state index contributed by atoms with van der Waals surface area (Å²) in [6.07, 6.45) is 4.44. The highest BCUT2D eigenvalue weighted by Crippen LogP contribution is 2.39. The molecule has 3 heterocycles. The van der Waals surface area contributed by atoms with Crippen LogP contribution in [-0.4, -0.2) is 14.5 Å². The predicted octanol–water partition coefficient (Wildman–Crippen LogP) is 6.28. The fraction of sp³-hybridized carbons (Fsp3) is 0.222. The summed E-state index contributed by atoms with van der Waals surface area (Å²) in [7, 11) is 0. The molecule has 6 heteroatoms. The Morgan fingerprint density at radius 3 is 2.45 bits per heavy atom. The van der Waals surface area contributed by atoms with Crippen LogP contribution >= 0.6 is 11.3 Å². The molecule has 0 spiro atoms. The van der Waals surface area contributed by atoms with Gasteiger partial charge in [-0.2, -0.15) is 4.98 Å². The Kier molecular flexibility index (Phi) is 4.76. The molecule has 5 nitrogen and oxygen atoms in total. The highest BCUT2D eigenvalue weighted by molar-refractivity contribution is 7.19. The molecule has 5 aromatic rings. The molecular formula is C27H23N3O2S. The summed E-state index contributed by atoms with van der Waals surface area (Å²) in [6, 6.07) is 17.6. The first-order valence-corrected chi connectivity index (χ1v) is 12.1. The standard InChI is InChI=1S/C27H23N3O2S/c1-16-12-14-19(15-13-16)32-27-29-24-22(26(31)30(27)18-8-4-3-5-9-18)17(2)28-25-23(24)20-10-6-7-11-21(20)33-25/h3-5,8-9,12-15H,6-7,10-11H2,1-2H3. The number of aryl methyl sites for hydroxylation is 4. The summed E-state index contributed by atoms with van der Waals surface area (Å²) in [5.41, 5.74) is 4.42. The summed E-state index contributed by atoms with van der Waals surface area (Å²) >= 11 is 1.75. The molecule has 6 rings (SSSR count). The van der Waals surface area contributed by atoms with Crippen molar-refractivity contribution < 1.29 is 4.74 Å². The van der Waals surface area contributed by atoms with Gasteiger partial charge in [-0.3, -0.25) is 4.79 Å². The van der Waals surface area contributed by atoms with Gasteiger partial charge < -0.3 is 4.74 Å². The molecule has 0 bridgehead atoms. The molecule has 164 valence electrons. The average Bonchev–Trinajstić information content (AvgIpc) is 3.19. The van der Waals surface area contributed by atoms with Crippen LogP contribution in [0.15, 0.2) is 59.4 Å². The first-order valence-electron chi connectivity index (χ1n) is 11.3. The lowest BCUT2D eigenvalue weighted by molar-refractivity contribution is 0.427. The van der Waals surface area contributed by atoms with Crippen LogP contribution in [0.25, 0.3) is 26.8 Å². The van der Waals surface area contributed by atoms with Crippen molar-refractivity contribution in [3.63, 3.8) is 0 Å². The van der Waals surface area contributed by atoms with Gasteiger partial charge >= 0.3 is 6.01 Å². The molecule has 0 aliphatic heterocycles. The largest absolute Gasteiger partial charge is 0.425 e. The molecular weight excluding hydrogens is 430 g/mol. The summed E-state index contributed by atoms with van der Waals surface area (Å²) < 4.78 is 7.81. The summed E-state index contributed by atoms with van der Waals surface area (Å²) in [5, 5.41) is 1.59. The maximum atomic E-state index is 14.0. The topological polar surface area (TPSA) is 57.0 Å². The van der Waals surface area contributed by atoms with Gasteiger partial charge in [0.2, 0.25) is 0 Å². The van der Waals surface area contributed by atoms with Gasteiger partial charge in [-0.25, -0.2) is 9.55 Å². The van der Waals surface area contributed by atoms with Gasteiger partial charge in [0.05, 0.1) is 22.3 Å². The lowest BCUT2D eigenvalue weighted by Gasteiger charge is -2.16. The molecule has 1 aliphatic carbocycles. The van der Waals surface area contributed by atoms with Crippen molar-refractivity contribution >= 4 is 32.5 Å². The quantitative estimate of drug-likeness (QED) is 0.322. The Labute approximate surface area is 195 Å². The second-order valence-electron chi connectivity index (χ2n) is 8.60. The number of fused-ring (bicyclic) bond motifs is 5. The Morgan fingerprint density at radius 1 is 0.909 bits per heavy atom. The highest BCUT2D eigenvalue weighted by atomic mass is 32.1. The van der Waals surface area contributed by atoms with E-state index >= 15 is 0 Å². The molecule has 0 amide bonds. The number of thiophene rings is 1. The molecule has 33 heavy (non-hydrogen) atoms. The van der Waals surface area contributed by atoms with Crippen LogP contribution in [0.4, 0.5) is 0 Å². The normalized spacial score (nSPS) is 13.4. The van der Waals surface area contributed by atoms with Crippen molar-refractivity contribution in [2.45, 2.75) is 39.5 Å². The van der Waals surface area contributed by atoms with Crippen LogP contribution < -0.4 is 10.3 Å². The third-order valence-corrected chi connectivity index (χ3v) is 7.50. The van der Waals surface area contributed by atoms with E-state index in [1.54, 1.807) is 15.9 Å². The van der Waals surface area contributed by atoms with Crippen LogP contribution in [0, 0.1) is 13.8 Å². The van der Waals surface area contributed by atoms with E-state index in [0.717, 1.165) is 35.0 Å². The zero-order valence-corrected chi connectivity index (χ0v) is 19.4. The summed E-state index contributed by atoms with van der Waals surface area (Å²) in [6.45, 7) is 3.93. The monoisotopic (exact) mass is 453 g/mol. The summed E-state index contributed by atoms with van der Waals surface area (Å²) in [4.78, 5) is 26.2. The van der Waals surface area contributed by atoms with Crippen molar-refractivity contribution in [2.24, 2.45) is 0 Å². The minimum absolute atomic E-state index is 0.157. The predicted molar refractivity (Wildman–Crippen MR) is 133 cm³/mol. The zero-order chi connectivity index (χ0) is 22.5. The van der Waals surface area contributed by atoms with Crippen LogP contribution in [-0.2, 0) is 12.8 Å². The molecule has 3 aromatic heterocycles. The van der Waals surface area contributed by atoms with Crippen LogP contribution in [0.5, 0.6) is 11.8 Å². The molecule has 0 atom stereocenters. The van der Waals surface area contributed by atoms with E-state index < -0.39 is 0 Å². The number of pyridine rings is 1. The second kappa shape index (κ2) is 7.81. The average molecular weight is 454 g/mol. The van der Waals surface area contributed by atoms with E-state index in [2.05, 4.69) is 0 Å². The van der Waals surface area contributed by atoms with Gasteiger partial charge in [-0.05, 0) is 69.4 Å². The maximum absolute atomic E-state index is 14.0. The number of rotatable bonds is 3. The fourth-order valence-corrected chi connectivity index (χ4v) is 5.99. The minimum Gasteiger partial charge on any atom is -0.425 e. The van der Waals surface area contributed by atoms with Crippen molar-refractivity contribution in [1.29, 1.82) is 0 Å². The zero-order valence-electron chi connectivity index (χ0n) is 18.6.